The van der Waals surface area contributed by atoms with E-state index in [1.54, 1.807) is 4.90 Å². The van der Waals surface area contributed by atoms with Crippen LogP contribution < -0.4 is 0 Å². The van der Waals surface area contributed by atoms with Gasteiger partial charge in [0.1, 0.15) is 0 Å². The normalized spacial score (nSPS) is 17.7. The highest BCUT2D eigenvalue weighted by molar-refractivity contribution is 6.30. The van der Waals surface area contributed by atoms with Crippen LogP contribution in [0.1, 0.15) is 31.2 Å². The van der Waals surface area contributed by atoms with Crippen molar-refractivity contribution >= 4 is 23.5 Å². The molecule has 0 spiro atoms. The average Bonchev–Trinajstić information content (AvgIpc) is 2.65. The van der Waals surface area contributed by atoms with Crippen molar-refractivity contribution in [2.45, 2.75) is 32.1 Å². The summed E-state index contributed by atoms with van der Waals surface area (Å²) >= 11 is 5.93. The fraction of sp³-hybridized carbons (Fsp3) is 0.600. The average molecular weight is 381 g/mol. The molecule has 0 aromatic heterocycles. The third-order valence-corrected chi connectivity index (χ3v) is 5.21. The summed E-state index contributed by atoms with van der Waals surface area (Å²) in [5, 5.41) is 0.770. The number of nitrogens with zero attached hydrogens (tertiary/aromatic N) is 2. The molecule has 1 aromatic rings. The van der Waals surface area contributed by atoms with Crippen molar-refractivity contribution in [1.29, 1.82) is 0 Å². The Morgan fingerprint density at radius 1 is 1.27 bits per heavy atom. The number of carbonyl (C=O) groups excluding carboxylic acids is 2. The molecule has 1 aromatic carbocycles. The van der Waals surface area contributed by atoms with E-state index in [2.05, 4.69) is 21.8 Å². The molecule has 0 saturated carbocycles. The van der Waals surface area contributed by atoms with Crippen LogP contribution in [0.5, 0.6) is 0 Å². The number of halogens is 1. The van der Waals surface area contributed by atoms with E-state index in [1.165, 1.54) is 12.7 Å². The summed E-state index contributed by atoms with van der Waals surface area (Å²) in [5.41, 5.74) is 1.30. The molecule has 1 unspecified atom stereocenters. The van der Waals surface area contributed by atoms with Crippen LogP contribution >= 0.6 is 11.6 Å². The van der Waals surface area contributed by atoms with E-state index in [9.17, 15) is 9.59 Å². The Kier molecular flexibility index (Phi) is 8.39. The van der Waals surface area contributed by atoms with E-state index in [-0.39, 0.29) is 24.7 Å². The number of hydrogen-bond donors (Lipinski definition) is 0. The predicted octanol–water partition coefficient (Wildman–Crippen LogP) is 3.01. The van der Waals surface area contributed by atoms with Crippen molar-refractivity contribution < 1.29 is 14.3 Å². The highest BCUT2D eigenvalue weighted by Gasteiger charge is 2.22. The van der Waals surface area contributed by atoms with E-state index in [0.29, 0.717) is 5.92 Å². The van der Waals surface area contributed by atoms with Crippen LogP contribution in [-0.2, 0) is 20.7 Å². The highest BCUT2D eigenvalue weighted by atomic mass is 35.5. The zero-order chi connectivity index (χ0) is 18.9. The van der Waals surface area contributed by atoms with E-state index in [0.717, 1.165) is 50.5 Å². The predicted molar refractivity (Wildman–Crippen MR) is 103 cm³/mol. The number of ether oxygens (including phenoxy) is 1. The maximum absolute atomic E-state index is 12.2. The van der Waals surface area contributed by atoms with Gasteiger partial charge in [-0.05, 0) is 49.4 Å². The lowest BCUT2D eigenvalue weighted by Gasteiger charge is -2.34. The van der Waals surface area contributed by atoms with E-state index < -0.39 is 0 Å². The molecular weight excluding hydrogens is 352 g/mol. The SMILES string of the molecule is COC(=O)CCC(=O)N(C)CC1CCCN(CCc2ccc(Cl)cc2)C1. The number of rotatable bonds is 8. The number of carbonyl (C=O) groups is 2. The van der Waals surface area contributed by atoms with Gasteiger partial charge in [-0.15, -0.1) is 0 Å². The molecule has 2 rings (SSSR count). The lowest BCUT2D eigenvalue weighted by atomic mass is 9.97. The number of amides is 1. The first-order chi connectivity index (χ1) is 12.5. The lowest BCUT2D eigenvalue weighted by Crippen LogP contribution is -2.42. The minimum atomic E-state index is -0.335. The van der Waals surface area contributed by atoms with Gasteiger partial charge in [0.2, 0.25) is 5.91 Å². The van der Waals surface area contributed by atoms with Crippen LogP contribution in [-0.4, -0.2) is 62.0 Å². The molecule has 0 N–H and O–H groups in total. The topological polar surface area (TPSA) is 49.9 Å². The minimum absolute atomic E-state index is 0.00804. The maximum Gasteiger partial charge on any atom is 0.306 e. The summed E-state index contributed by atoms with van der Waals surface area (Å²) in [4.78, 5) is 27.6. The summed E-state index contributed by atoms with van der Waals surface area (Å²) < 4.78 is 4.59. The van der Waals surface area contributed by atoms with Crippen LogP contribution in [0, 0.1) is 5.92 Å². The first kappa shape index (κ1) is 20.7. The zero-order valence-electron chi connectivity index (χ0n) is 15.7. The molecule has 5 nitrogen and oxygen atoms in total. The van der Waals surface area contributed by atoms with Crippen molar-refractivity contribution in [2.75, 3.05) is 40.3 Å². The number of likely N-dealkylation sites (tertiary alicyclic amines) is 1. The van der Waals surface area contributed by atoms with E-state index in [1.807, 2.05) is 19.2 Å². The number of benzene rings is 1. The first-order valence-corrected chi connectivity index (χ1v) is 9.63. The van der Waals surface area contributed by atoms with Crippen LogP contribution in [0.3, 0.4) is 0 Å². The number of esters is 1. The summed E-state index contributed by atoms with van der Waals surface area (Å²) in [6.07, 6.45) is 3.69. The molecule has 0 radical (unpaired) electrons. The molecule has 1 atom stereocenters. The second-order valence-electron chi connectivity index (χ2n) is 7.04. The van der Waals surface area contributed by atoms with Gasteiger partial charge >= 0.3 is 5.97 Å². The van der Waals surface area contributed by atoms with Gasteiger partial charge in [-0.1, -0.05) is 23.7 Å². The smallest absolute Gasteiger partial charge is 0.306 e. The number of piperidine rings is 1. The second-order valence-corrected chi connectivity index (χ2v) is 7.47. The molecule has 1 amide bonds. The summed E-state index contributed by atoms with van der Waals surface area (Å²) in [6, 6.07) is 8.03. The van der Waals surface area contributed by atoms with Gasteiger partial charge < -0.3 is 14.5 Å². The van der Waals surface area contributed by atoms with Gasteiger partial charge in [-0.2, -0.15) is 0 Å². The number of hydrogen-bond acceptors (Lipinski definition) is 4. The Labute approximate surface area is 161 Å². The Hall–Kier alpha value is -1.59. The Bertz CT molecular complexity index is 591. The van der Waals surface area contributed by atoms with Gasteiger partial charge in [0, 0.05) is 38.1 Å². The minimum Gasteiger partial charge on any atom is -0.469 e. The fourth-order valence-electron chi connectivity index (χ4n) is 3.43. The van der Waals surface area contributed by atoms with Gasteiger partial charge in [0.05, 0.1) is 13.5 Å². The van der Waals surface area contributed by atoms with Gasteiger partial charge in [0.15, 0.2) is 0 Å². The van der Waals surface area contributed by atoms with Crippen LogP contribution in [0.15, 0.2) is 24.3 Å². The molecule has 1 saturated heterocycles. The highest BCUT2D eigenvalue weighted by Crippen LogP contribution is 2.19. The van der Waals surface area contributed by atoms with Crippen molar-refractivity contribution in [3.8, 4) is 0 Å². The third-order valence-electron chi connectivity index (χ3n) is 4.96. The largest absolute Gasteiger partial charge is 0.469 e. The van der Waals surface area contributed by atoms with Crippen LogP contribution in [0.2, 0.25) is 5.02 Å². The van der Waals surface area contributed by atoms with Crippen LogP contribution in [0.4, 0.5) is 0 Å². The monoisotopic (exact) mass is 380 g/mol. The van der Waals surface area contributed by atoms with E-state index >= 15 is 0 Å². The zero-order valence-corrected chi connectivity index (χ0v) is 16.5. The molecule has 1 fully saturated rings. The molecular formula is C20H29ClN2O3. The summed E-state index contributed by atoms with van der Waals surface area (Å²) in [6.45, 7) is 3.90. The first-order valence-electron chi connectivity index (χ1n) is 9.25. The maximum atomic E-state index is 12.2. The Morgan fingerprint density at radius 2 is 2.00 bits per heavy atom. The molecule has 0 bridgehead atoms. The van der Waals surface area contributed by atoms with E-state index in [4.69, 9.17) is 11.6 Å². The fourth-order valence-corrected chi connectivity index (χ4v) is 3.56. The van der Waals surface area contributed by atoms with Gasteiger partial charge in [-0.25, -0.2) is 0 Å². The Morgan fingerprint density at radius 3 is 2.69 bits per heavy atom. The molecule has 6 heteroatoms. The van der Waals surface area contributed by atoms with Crippen LogP contribution in [0.25, 0.3) is 0 Å². The van der Waals surface area contributed by atoms with Gasteiger partial charge in [-0.3, -0.25) is 9.59 Å². The lowest BCUT2D eigenvalue weighted by molar-refractivity contribution is -0.143. The Balaban J connectivity index is 1.73. The molecule has 0 aliphatic carbocycles. The van der Waals surface area contributed by atoms with Crippen molar-refractivity contribution in [3.05, 3.63) is 34.9 Å². The second kappa shape index (κ2) is 10.5. The molecule has 1 heterocycles. The van der Waals surface area contributed by atoms with Crippen molar-refractivity contribution in [1.82, 2.24) is 9.80 Å². The molecule has 1 aliphatic rings. The van der Waals surface area contributed by atoms with Gasteiger partial charge in [0.25, 0.3) is 0 Å². The summed E-state index contributed by atoms with van der Waals surface area (Å²) in [7, 11) is 3.17. The standard InChI is InChI=1S/C20H29ClN2O3/c1-22(19(24)9-10-20(25)26-2)14-17-4-3-12-23(15-17)13-11-16-5-7-18(21)8-6-16/h5-8,17H,3-4,9-15H2,1-2H3. The quantitative estimate of drug-likeness (QED) is 0.650. The summed E-state index contributed by atoms with van der Waals surface area (Å²) in [5.74, 6) is 0.160. The van der Waals surface area contributed by atoms with Crippen molar-refractivity contribution in [2.24, 2.45) is 5.92 Å². The third kappa shape index (κ3) is 6.96. The van der Waals surface area contributed by atoms with Crippen molar-refractivity contribution in [3.63, 3.8) is 0 Å². The molecule has 1 aliphatic heterocycles. The molecule has 144 valence electrons. The molecule has 26 heavy (non-hydrogen) atoms. The number of methoxy groups -OCH3 is 1.